The van der Waals surface area contributed by atoms with E-state index < -0.39 is 10.8 Å². The van der Waals surface area contributed by atoms with E-state index in [1.54, 1.807) is 17.3 Å². The number of aromatic nitrogens is 2. The van der Waals surface area contributed by atoms with Crippen molar-refractivity contribution >= 4 is 16.8 Å². The molecule has 6 heteroatoms. The van der Waals surface area contributed by atoms with Crippen LogP contribution in [0.5, 0.6) is 0 Å². The van der Waals surface area contributed by atoms with Crippen LogP contribution < -0.4 is 0 Å². The lowest BCUT2D eigenvalue weighted by Gasteiger charge is -2.25. The predicted octanol–water partition coefficient (Wildman–Crippen LogP) is -0.0845. The first-order valence-electron chi connectivity index (χ1n) is 4.39. The monoisotopic (exact) mass is 213 g/mol. The van der Waals surface area contributed by atoms with Gasteiger partial charge in [0, 0.05) is 47.8 Å². The molecular formula is C8H11N3O2S. The van der Waals surface area contributed by atoms with Crippen molar-refractivity contribution in [2.75, 3.05) is 24.6 Å². The van der Waals surface area contributed by atoms with Gasteiger partial charge in [-0.25, -0.2) is 9.78 Å². The quantitative estimate of drug-likeness (QED) is 0.605. The van der Waals surface area contributed by atoms with Crippen molar-refractivity contribution in [3.63, 3.8) is 0 Å². The van der Waals surface area contributed by atoms with Gasteiger partial charge in [0.05, 0.1) is 0 Å². The molecule has 1 aromatic rings. The van der Waals surface area contributed by atoms with Crippen molar-refractivity contribution in [1.29, 1.82) is 0 Å². The maximum Gasteiger partial charge on any atom is 0.329 e. The minimum Gasteiger partial charge on any atom is -0.322 e. The fraction of sp³-hybridized carbons (Fsp3) is 0.500. The Morgan fingerprint density at radius 3 is 2.64 bits per heavy atom. The first kappa shape index (κ1) is 9.39. The average molecular weight is 213 g/mol. The largest absolute Gasteiger partial charge is 0.329 e. The Hall–Kier alpha value is -1.17. The Labute approximate surface area is 84.2 Å². The molecule has 0 saturated carbocycles. The minimum atomic E-state index is -0.743. The molecule has 5 nitrogen and oxygen atoms in total. The number of hydrogen-bond acceptors (Lipinski definition) is 3. The van der Waals surface area contributed by atoms with Gasteiger partial charge in [0.1, 0.15) is 6.33 Å². The van der Waals surface area contributed by atoms with Gasteiger partial charge in [-0.1, -0.05) is 0 Å². The molecule has 2 rings (SSSR count). The van der Waals surface area contributed by atoms with Gasteiger partial charge in [-0.2, -0.15) is 0 Å². The molecule has 1 fully saturated rings. The van der Waals surface area contributed by atoms with Crippen LogP contribution in [0, 0.1) is 0 Å². The Morgan fingerprint density at radius 2 is 2.07 bits per heavy atom. The third-order valence-corrected chi connectivity index (χ3v) is 3.45. The summed E-state index contributed by atoms with van der Waals surface area (Å²) in [5, 5.41) is 0. The molecule has 1 aromatic heterocycles. The second-order valence-electron chi connectivity index (χ2n) is 3.09. The normalized spacial score (nSPS) is 18.4. The number of amides is 1. The van der Waals surface area contributed by atoms with Crippen molar-refractivity contribution in [2.45, 2.75) is 0 Å². The standard InChI is InChI=1S/C8H11N3O2S/c12-8(11-2-1-9-7-11)10-3-5-14(13)6-4-10/h1-2,7H,3-6H2. The van der Waals surface area contributed by atoms with Gasteiger partial charge in [0.2, 0.25) is 0 Å². The van der Waals surface area contributed by atoms with Crippen LogP contribution in [-0.4, -0.2) is 49.3 Å². The molecule has 0 radical (unpaired) electrons. The second kappa shape index (κ2) is 3.91. The van der Waals surface area contributed by atoms with E-state index in [-0.39, 0.29) is 6.03 Å². The number of hydrogen-bond donors (Lipinski definition) is 0. The van der Waals surface area contributed by atoms with Gasteiger partial charge >= 0.3 is 6.03 Å². The molecule has 76 valence electrons. The number of rotatable bonds is 0. The third-order valence-electron chi connectivity index (χ3n) is 2.17. The summed E-state index contributed by atoms with van der Waals surface area (Å²) >= 11 is 0. The van der Waals surface area contributed by atoms with Crippen LogP contribution in [0.2, 0.25) is 0 Å². The number of carbonyl (C=O) groups is 1. The molecule has 0 aliphatic carbocycles. The first-order chi connectivity index (χ1) is 6.77. The molecule has 0 aromatic carbocycles. The number of nitrogens with zero attached hydrogens (tertiary/aromatic N) is 3. The lowest BCUT2D eigenvalue weighted by atomic mass is 10.5. The van der Waals surface area contributed by atoms with E-state index in [0.29, 0.717) is 24.6 Å². The lowest BCUT2D eigenvalue weighted by Crippen LogP contribution is -2.43. The van der Waals surface area contributed by atoms with Gasteiger partial charge in [-0.05, 0) is 0 Å². The van der Waals surface area contributed by atoms with Crippen LogP contribution in [0.1, 0.15) is 0 Å². The summed E-state index contributed by atoms with van der Waals surface area (Å²) in [6, 6.07) is -0.0841. The van der Waals surface area contributed by atoms with Gasteiger partial charge in [-0.3, -0.25) is 8.78 Å². The van der Waals surface area contributed by atoms with Crippen molar-refractivity contribution < 1.29 is 9.00 Å². The summed E-state index contributed by atoms with van der Waals surface area (Å²) in [6.07, 6.45) is 4.67. The van der Waals surface area contributed by atoms with Crippen LogP contribution in [0.3, 0.4) is 0 Å². The Balaban J connectivity index is 2.03. The highest BCUT2D eigenvalue weighted by Gasteiger charge is 2.20. The zero-order valence-corrected chi connectivity index (χ0v) is 8.44. The van der Waals surface area contributed by atoms with E-state index in [1.165, 1.54) is 10.9 Å². The maximum absolute atomic E-state index is 11.7. The highest BCUT2D eigenvalue weighted by Crippen LogP contribution is 2.02. The molecule has 0 unspecified atom stereocenters. The van der Waals surface area contributed by atoms with Crippen LogP contribution in [-0.2, 0) is 10.8 Å². The van der Waals surface area contributed by atoms with Crippen LogP contribution in [0.4, 0.5) is 4.79 Å². The second-order valence-corrected chi connectivity index (χ2v) is 4.78. The fourth-order valence-corrected chi connectivity index (χ4v) is 2.42. The van der Waals surface area contributed by atoms with Crippen molar-refractivity contribution in [3.8, 4) is 0 Å². The van der Waals surface area contributed by atoms with E-state index in [4.69, 9.17) is 0 Å². The van der Waals surface area contributed by atoms with Crippen LogP contribution >= 0.6 is 0 Å². The van der Waals surface area contributed by atoms with Crippen molar-refractivity contribution in [3.05, 3.63) is 18.7 Å². The molecule has 1 saturated heterocycles. The summed E-state index contributed by atoms with van der Waals surface area (Å²) in [7, 11) is -0.743. The summed E-state index contributed by atoms with van der Waals surface area (Å²) < 4.78 is 12.5. The van der Waals surface area contributed by atoms with Gasteiger partial charge in [-0.15, -0.1) is 0 Å². The SMILES string of the molecule is O=C(N1CCS(=O)CC1)n1ccnc1. The Bertz CT molecular complexity index is 339. The maximum atomic E-state index is 11.7. The number of carbonyl (C=O) groups excluding carboxylic acids is 1. The molecule has 0 N–H and O–H groups in total. The molecular weight excluding hydrogens is 202 g/mol. The van der Waals surface area contributed by atoms with Crippen molar-refractivity contribution in [1.82, 2.24) is 14.5 Å². The molecule has 1 aliphatic heterocycles. The predicted molar refractivity (Wildman–Crippen MR) is 52.5 cm³/mol. The highest BCUT2D eigenvalue weighted by atomic mass is 32.2. The van der Waals surface area contributed by atoms with E-state index in [0.717, 1.165) is 0 Å². The highest BCUT2D eigenvalue weighted by molar-refractivity contribution is 7.85. The number of imidazole rings is 1. The molecule has 1 aliphatic rings. The summed E-state index contributed by atoms with van der Waals surface area (Å²) in [5.41, 5.74) is 0. The first-order valence-corrected chi connectivity index (χ1v) is 5.88. The summed E-state index contributed by atoms with van der Waals surface area (Å²) in [6.45, 7) is 1.15. The smallest absolute Gasteiger partial charge is 0.322 e. The van der Waals surface area contributed by atoms with Gasteiger partial charge in [0.25, 0.3) is 0 Å². The van der Waals surface area contributed by atoms with Gasteiger partial charge < -0.3 is 4.90 Å². The Kier molecular flexibility index (Phi) is 2.62. The van der Waals surface area contributed by atoms with E-state index in [1.807, 2.05) is 0 Å². The van der Waals surface area contributed by atoms with Crippen molar-refractivity contribution in [2.24, 2.45) is 0 Å². The molecule has 0 bridgehead atoms. The zero-order chi connectivity index (χ0) is 9.97. The van der Waals surface area contributed by atoms with E-state index >= 15 is 0 Å². The Morgan fingerprint density at radius 1 is 1.36 bits per heavy atom. The van der Waals surface area contributed by atoms with Crippen LogP contribution in [0.15, 0.2) is 18.7 Å². The molecule has 14 heavy (non-hydrogen) atoms. The lowest BCUT2D eigenvalue weighted by molar-refractivity contribution is 0.204. The zero-order valence-electron chi connectivity index (χ0n) is 7.63. The third kappa shape index (κ3) is 1.84. The van der Waals surface area contributed by atoms with Crippen LogP contribution in [0.25, 0.3) is 0 Å². The minimum absolute atomic E-state index is 0.0841. The summed E-state index contributed by atoms with van der Waals surface area (Å²) in [5.74, 6) is 1.17. The molecule has 0 atom stereocenters. The molecule has 2 heterocycles. The average Bonchev–Trinajstić information content (AvgIpc) is 2.71. The molecule has 0 spiro atoms. The topological polar surface area (TPSA) is 55.2 Å². The van der Waals surface area contributed by atoms with E-state index in [9.17, 15) is 9.00 Å². The van der Waals surface area contributed by atoms with Gasteiger partial charge in [0.15, 0.2) is 0 Å². The van der Waals surface area contributed by atoms with E-state index in [2.05, 4.69) is 4.98 Å². The fourth-order valence-electron chi connectivity index (χ4n) is 1.36. The summed E-state index contributed by atoms with van der Waals surface area (Å²) in [4.78, 5) is 17.2. The molecule has 1 amide bonds.